The Labute approximate surface area is 153 Å². The summed E-state index contributed by atoms with van der Waals surface area (Å²) in [4.78, 5) is 47.9. The molecule has 0 spiro atoms. The van der Waals surface area contributed by atoms with Crippen LogP contribution in [0.3, 0.4) is 0 Å². The second kappa shape index (κ2) is 6.94. The van der Waals surface area contributed by atoms with E-state index in [-0.39, 0.29) is 5.69 Å². The molecule has 0 saturated carbocycles. The van der Waals surface area contributed by atoms with E-state index in [0.29, 0.717) is 0 Å². The molecule has 1 aromatic heterocycles. The summed E-state index contributed by atoms with van der Waals surface area (Å²) in [5.74, 6) is -6.40. The van der Waals surface area contributed by atoms with Crippen LogP contribution in [-0.2, 0) is 4.74 Å². The van der Waals surface area contributed by atoms with E-state index < -0.39 is 52.0 Å². The molecule has 1 aromatic carbocycles. The lowest BCUT2D eigenvalue weighted by atomic mass is 10.1. The lowest BCUT2D eigenvalue weighted by Gasteiger charge is -2.20. The van der Waals surface area contributed by atoms with E-state index in [9.17, 15) is 34.5 Å². The van der Waals surface area contributed by atoms with E-state index in [2.05, 4.69) is 0 Å². The molecule has 2 rings (SSSR count). The Balaban J connectivity index is 3.01. The average Bonchev–Trinajstić information content (AvgIpc) is 2.90. The minimum absolute atomic E-state index is 0.103. The first-order chi connectivity index (χ1) is 12.5. The van der Waals surface area contributed by atoms with Gasteiger partial charge in [-0.2, -0.15) is 0 Å². The fourth-order valence-electron chi connectivity index (χ4n) is 2.55. The number of carbonyl (C=O) groups is 4. The lowest BCUT2D eigenvalue weighted by Crippen LogP contribution is -2.27. The summed E-state index contributed by atoms with van der Waals surface area (Å²) in [6.07, 6.45) is 0. The molecular formula is C18H17NO8. The van der Waals surface area contributed by atoms with Crippen LogP contribution in [0.4, 0.5) is 0 Å². The summed E-state index contributed by atoms with van der Waals surface area (Å²) < 4.78 is 5.98. The monoisotopic (exact) mass is 375 g/mol. The summed E-state index contributed by atoms with van der Waals surface area (Å²) in [5.41, 5.74) is -4.40. The molecule has 1 heterocycles. The zero-order valence-electron chi connectivity index (χ0n) is 14.7. The molecule has 9 nitrogen and oxygen atoms in total. The molecule has 3 N–H and O–H groups in total. The van der Waals surface area contributed by atoms with Gasteiger partial charge >= 0.3 is 23.9 Å². The molecule has 0 saturated heterocycles. The zero-order chi connectivity index (χ0) is 20.5. The molecule has 0 atom stereocenters. The number of carbonyl (C=O) groups excluding carboxylic acids is 1. The number of carboxylic acid groups (broad SMARTS) is 3. The molecule has 0 aliphatic heterocycles. The number of hydrogen-bond acceptors (Lipinski definition) is 5. The number of nitrogens with zero attached hydrogens (tertiary/aromatic N) is 1. The van der Waals surface area contributed by atoms with Crippen LogP contribution < -0.4 is 0 Å². The Morgan fingerprint density at radius 2 is 1.30 bits per heavy atom. The fourth-order valence-corrected chi connectivity index (χ4v) is 2.55. The normalized spacial score (nSPS) is 11.1. The molecule has 0 radical (unpaired) electrons. The first kappa shape index (κ1) is 19.7. The summed E-state index contributed by atoms with van der Waals surface area (Å²) in [6, 6.07) is 7.51. The van der Waals surface area contributed by atoms with E-state index in [1.54, 1.807) is 6.07 Å². The van der Waals surface area contributed by atoms with E-state index in [1.807, 2.05) is 0 Å². The van der Waals surface area contributed by atoms with Crippen LogP contribution in [0, 0.1) is 0 Å². The van der Waals surface area contributed by atoms with Gasteiger partial charge in [-0.15, -0.1) is 0 Å². The smallest absolute Gasteiger partial charge is 0.356 e. The van der Waals surface area contributed by atoms with Gasteiger partial charge in [-0.1, -0.05) is 18.2 Å². The van der Waals surface area contributed by atoms with Crippen molar-refractivity contribution in [3.63, 3.8) is 0 Å². The van der Waals surface area contributed by atoms with Crippen LogP contribution in [0.2, 0.25) is 0 Å². The van der Waals surface area contributed by atoms with Crippen LogP contribution in [0.1, 0.15) is 62.5 Å². The molecular weight excluding hydrogens is 358 g/mol. The lowest BCUT2D eigenvalue weighted by molar-refractivity contribution is 0.00567. The van der Waals surface area contributed by atoms with Crippen molar-refractivity contribution >= 4 is 23.9 Å². The molecule has 0 amide bonds. The molecule has 0 bridgehead atoms. The van der Waals surface area contributed by atoms with E-state index in [0.717, 1.165) is 4.57 Å². The SMILES string of the molecule is CC(C)(C)OC(=O)c1c(C(=O)O)c(C(=O)O)c(C(=O)O)n1-c1ccccc1. The maximum atomic E-state index is 12.7. The van der Waals surface area contributed by atoms with Crippen LogP contribution >= 0.6 is 0 Å². The summed E-state index contributed by atoms with van der Waals surface area (Å²) >= 11 is 0. The third-order valence-electron chi connectivity index (χ3n) is 3.41. The number of ether oxygens (including phenoxy) is 1. The molecule has 0 fully saturated rings. The zero-order valence-corrected chi connectivity index (χ0v) is 14.7. The number of rotatable bonds is 5. The van der Waals surface area contributed by atoms with Crippen LogP contribution in [0.25, 0.3) is 5.69 Å². The number of aromatic carboxylic acids is 3. The summed E-state index contributed by atoms with van der Waals surface area (Å²) in [6.45, 7) is 4.62. The first-order valence-electron chi connectivity index (χ1n) is 7.73. The quantitative estimate of drug-likeness (QED) is 0.676. The standard InChI is InChI=1S/C18H17NO8/c1-18(2,3)27-17(26)13-11(15(22)23)10(14(20)21)12(16(24)25)19(13)9-7-5-4-6-8-9/h4-8H,1-3H3,(H,20,21)(H,22,23)(H,24,25). The van der Waals surface area contributed by atoms with Crippen molar-refractivity contribution in [2.45, 2.75) is 26.4 Å². The van der Waals surface area contributed by atoms with Gasteiger partial charge in [-0.3, -0.25) is 4.57 Å². The molecule has 27 heavy (non-hydrogen) atoms. The van der Waals surface area contributed by atoms with Crippen molar-refractivity contribution in [3.8, 4) is 5.69 Å². The first-order valence-corrected chi connectivity index (χ1v) is 7.73. The molecule has 142 valence electrons. The second-order valence-electron chi connectivity index (χ2n) is 6.54. The average molecular weight is 375 g/mol. The van der Waals surface area contributed by atoms with Crippen molar-refractivity contribution in [3.05, 3.63) is 52.8 Å². The van der Waals surface area contributed by atoms with Gasteiger partial charge in [-0.05, 0) is 32.9 Å². The Kier molecular flexibility index (Phi) is 5.07. The van der Waals surface area contributed by atoms with Gasteiger partial charge in [0.1, 0.15) is 28.1 Å². The maximum absolute atomic E-state index is 12.7. The minimum Gasteiger partial charge on any atom is -0.478 e. The Bertz CT molecular complexity index is 935. The number of benzene rings is 1. The van der Waals surface area contributed by atoms with E-state index >= 15 is 0 Å². The molecule has 0 aliphatic carbocycles. The van der Waals surface area contributed by atoms with Gasteiger partial charge in [0, 0.05) is 5.69 Å². The van der Waals surface area contributed by atoms with Gasteiger partial charge in [-0.25, -0.2) is 19.2 Å². The highest BCUT2D eigenvalue weighted by atomic mass is 16.6. The number of esters is 1. The van der Waals surface area contributed by atoms with Crippen molar-refractivity contribution in [1.29, 1.82) is 0 Å². The highest BCUT2D eigenvalue weighted by Gasteiger charge is 2.39. The van der Waals surface area contributed by atoms with Crippen molar-refractivity contribution in [2.75, 3.05) is 0 Å². The van der Waals surface area contributed by atoms with Gasteiger partial charge in [0.25, 0.3) is 0 Å². The molecule has 2 aromatic rings. The minimum atomic E-state index is -1.79. The van der Waals surface area contributed by atoms with Crippen molar-refractivity contribution in [2.24, 2.45) is 0 Å². The number of hydrogen-bond donors (Lipinski definition) is 3. The van der Waals surface area contributed by atoms with Gasteiger partial charge in [0.15, 0.2) is 0 Å². The predicted molar refractivity (Wildman–Crippen MR) is 91.8 cm³/mol. The van der Waals surface area contributed by atoms with Gasteiger partial charge in [0.2, 0.25) is 0 Å². The van der Waals surface area contributed by atoms with E-state index in [4.69, 9.17) is 4.74 Å². The largest absolute Gasteiger partial charge is 0.478 e. The third-order valence-corrected chi connectivity index (χ3v) is 3.41. The Morgan fingerprint density at radius 3 is 1.70 bits per heavy atom. The number of para-hydroxylation sites is 1. The summed E-state index contributed by atoms with van der Waals surface area (Å²) in [5, 5.41) is 28.5. The van der Waals surface area contributed by atoms with Crippen molar-refractivity contribution in [1.82, 2.24) is 4.57 Å². The maximum Gasteiger partial charge on any atom is 0.356 e. The van der Waals surface area contributed by atoms with Gasteiger partial charge < -0.3 is 20.1 Å². The summed E-state index contributed by atoms with van der Waals surface area (Å²) in [7, 11) is 0. The van der Waals surface area contributed by atoms with Crippen LogP contribution in [0.15, 0.2) is 30.3 Å². The predicted octanol–water partition coefficient (Wildman–Crippen LogP) is 2.53. The highest BCUT2D eigenvalue weighted by Crippen LogP contribution is 2.29. The van der Waals surface area contributed by atoms with Gasteiger partial charge in [0.05, 0.1) is 0 Å². The molecule has 9 heteroatoms. The number of carboxylic acids is 3. The molecule has 0 aliphatic rings. The van der Waals surface area contributed by atoms with Crippen LogP contribution in [0.5, 0.6) is 0 Å². The highest BCUT2D eigenvalue weighted by molar-refractivity contribution is 6.14. The van der Waals surface area contributed by atoms with E-state index in [1.165, 1.54) is 45.0 Å². The second-order valence-corrected chi connectivity index (χ2v) is 6.54. The van der Waals surface area contributed by atoms with Crippen LogP contribution in [-0.4, -0.2) is 49.4 Å². The topological polar surface area (TPSA) is 143 Å². The molecule has 0 unspecified atom stereocenters. The third kappa shape index (κ3) is 3.81. The fraction of sp³-hybridized carbons (Fsp3) is 0.222. The number of aromatic nitrogens is 1. The Hall–Kier alpha value is -3.62. The Morgan fingerprint density at radius 1 is 0.815 bits per heavy atom. The van der Waals surface area contributed by atoms with Crippen molar-refractivity contribution < 1.29 is 39.2 Å².